The van der Waals surface area contributed by atoms with Gasteiger partial charge in [-0.15, -0.1) is 0 Å². The summed E-state index contributed by atoms with van der Waals surface area (Å²) in [5.74, 6) is 0.358. The SMILES string of the molecule is NC1CCC(c2cccc(F)c2I)C1. The summed E-state index contributed by atoms with van der Waals surface area (Å²) < 4.78 is 14.1. The van der Waals surface area contributed by atoms with Gasteiger partial charge in [0.2, 0.25) is 0 Å². The van der Waals surface area contributed by atoms with Crippen LogP contribution in [0.15, 0.2) is 18.2 Å². The van der Waals surface area contributed by atoms with Crippen molar-refractivity contribution in [3.63, 3.8) is 0 Å². The van der Waals surface area contributed by atoms with E-state index in [1.54, 1.807) is 6.07 Å². The monoisotopic (exact) mass is 305 g/mol. The van der Waals surface area contributed by atoms with Gasteiger partial charge >= 0.3 is 0 Å². The fourth-order valence-corrected chi connectivity index (χ4v) is 2.93. The van der Waals surface area contributed by atoms with Crippen LogP contribution in [-0.4, -0.2) is 6.04 Å². The topological polar surface area (TPSA) is 26.0 Å². The lowest BCUT2D eigenvalue weighted by Gasteiger charge is -2.12. The lowest BCUT2D eigenvalue weighted by molar-refractivity contribution is 0.607. The van der Waals surface area contributed by atoms with E-state index in [2.05, 4.69) is 22.6 Å². The highest BCUT2D eigenvalue weighted by Crippen LogP contribution is 2.36. The van der Waals surface area contributed by atoms with E-state index in [-0.39, 0.29) is 5.82 Å². The smallest absolute Gasteiger partial charge is 0.136 e. The zero-order chi connectivity index (χ0) is 10.1. The number of hydrogen-bond acceptors (Lipinski definition) is 1. The molecule has 1 aromatic carbocycles. The Balaban J connectivity index is 2.28. The molecule has 1 saturated carbocycles. The highest BCUT2D eigenvalue weighted by Gasteiger charge is 2.25. The van der Waals surface area contributed by atoms with E-state index in [4.69, 9.17) is 5.73 Å². The summed E-state index contributed by atoms with van der Waals surface area (Å²) in [6.07, 6.45) is 3.16. The Hall–Kier alpha value is -0.160. The van der Waals surface area contributed by atoms with Crippen LogP contribution in [0.2, 0.25) is 0 Å². The van der Waals surface area contributed by atoms with Gasteiger partial charge in [-0.3, -0.25) is 0 Å². The third kappa shape index (κ3) is 1.93. The van der Waals surface area contributed by atoms with E-state index in [0.717, 1.165) is 28.4 Å². The highest BCUT2D eigenvalue weighted by atomic mass is 127. The molecule has 0 amide bonds. The molecular weight excluding hydrogens is 292 g/mol. The van der Waals surface area contributed by atoms with Gasteiger partial charge in [-0.05, 0) is 59.4 Å². The Morgan fingerprint density at radius 3 is 2.79 bits per heavy atom. The van der Waals surface area contributed by atoms with E-state index in [1.165, 1.54) is 6.07 Å². The average molecular weight is 305 g/mol. The molecule has 1 aliphatic carbocycles. The van der Waals surface area contributed by atoms with Gasteiger partial charge in [0.1, 0.15) is 5.82 Å². The molecule has 1 aliphatic rings. The van der Waals surface area contributed by atoms with E-state index >= 15 is 0 Å². The van der Waals surface area contributed by atoms with E-state index in [1.807, 2.05) is 6.07 Å². The summed E-state index contributed by atoms with van der Waals surface area (Å²) in [5, 5.41) is 0. The molecule has 0 radical (unpaired) electrons. The molecule has 1 nitrogen and oxygen atoms in total. The van der Waals surface area contributed by atoms with Gasteiger partial charge in [-0.25, -0.2) is 4.39 Å². The fraction of sp³-hybridized carbons (Fsp3) is 0.455. The minimum Gasteiger partial charge on any atom is -0.328 e. The molecule has 1 fully saturated rings. The zero-order valence-electron chi connectivity index (χ0n) is 7.84. The third-order valence-corrected chi connectivity index (χ3v) is 4.03. The van der Waals surface area contributed by atoms with Gasteiger partial charge in [-0.2, -0.15) is 0 Å². The van der Waals surface area contributed by atoms with Gasteiger partial charge in [0.05, 0.1) is 3.57 Å². The fourth-order valence-electron chi connectivity index (χ4n) is 2.13. The first-order valence-electron chi connectivity index (χ1n) is 4.88. The van der Waals surface area contributed by atoms with Crippen LogP contribution < -0.4 is 5.73 Å². The summed E-state index contributed by atoms with van der Waals surface area (Å²) in [4.78, 5) is 0. The molecule has 2 N–H and O–H groups in total. The molecule has 1 aromatic rings. The second kappa shape index (κ2) is 4.14. The van der Waals surface area contributed by atoms with E-state index in [9.17, 15) is 4.39 Å². The Bertz CT molecular complexity index is 340. The van der Waals surface area contributed by atoms with Crippen LogP contribution in [0, 0.1) is 9.39 Å². The average Bonchev–Trinajstić information content (AvgIpc) is 2.57. The second-order valence-electron chi connectivity index (χ2n) is 3.91. The normalized spacial score (nSPS) is 26.8. The Labute approximate surface area is 97.0 Å². The minimum atomic E-state index is -0.108. The molecular formula is C11H13FIN. The Morgan fingerprint density at radius 2 is 2.14 bits per heavy atom. The van der Waals surface area contributed by atoms with Gasteiger partial charge in [0.25, 0.3) is 0 Å². The maximum absolute atomic E-state index is 13.3. The van der Waals surface area contributed by atoms with Gasteiger partial charge in [-0.1, -0.05) is 12.1 Å². The third-order valence-electron chi connectivity index (χ3n) is 2.89. The number of benzene rings is 1. The van der Waals surface area contributed by atoms with Crippen LogP contribution in [0.4, 0.5) is 4.39 Å². The summed E-state index contributed by atoms with van der Waals surface area (Å²) in [6.45, 7) is 0. The highest BCUT2D eigenvalue weighted by molar-refractivity contribution is 14.1. The first-order valence-corrected chi connectivity index (χ1v) is 5.96. The summed E-state index contributed by atoms with van der Waals surface area (Å²) in [6, 6.07) is 5.63. The van der Waals surface area contributed by atoms with Crippen molar-refractivity contribution in [1.82, 2.24) is 0 Å². The van der Waals surface area contributed by atoms with E-state index in [0.29, 0.717) is 12.0 Å². The Kier molecular flexibility index (Phi) is 3.07. The van der Waals surface area contributed by atoms with Crippen molar-refractivity contribution in [3.8, 4) is 0 Å². The van der Waals surface area contributed by atoms with Crippen molar-refractivity contribution in [2.24, 2.45) is 5.73 Å². The van der Waals surface area contributed by atoms with Crippen LogP contribution in [-0.2, 0) is 0 Å². The lowest BCUT2D eigenvalue weighted by Crippen LogP contribution is -2.14. The van der Waals surface area contributed by atoms with Crippen molar-refractivity contribution >= 4 is 22.6 Å². The molecule has 2 atom stereocenters. The van der Waals surface area contributed by atoms with Crippen LogP contribution in [0.3, 0.4) is 0 Å². The summed E-state index contributed by atoms with van der Waals surface area (Å²) in [7, 11) is 0. The maximum Gasteiger partial charge on any atom is 0.136 e. The zero-order valence-corrected chi connectivity index (χ0v) is 10.00. The van der Waals surface area contributed by atoms with Crippen molar-refractivity contribution in [3.05, 3.63) is 33.1 Å². The molecule has 14 heavy (non-hydrogen) atoms. The van der Waals surface area contributed by atoms with E-state index < -0.39 is 0 Å². The molecule has 0 bridgehead atoms. The van der Waals surface area contributed by atoms with Crippen molar-refractivity contribution in [2.45, 2.75) is 31.2 Å². The standard InChI is InChI=1S/C11H13FIN/c12-10-3-1-2-9(11(10)13)7-4-5-8(14)6-7/h1-3,7-8H,4-6,14H2. The van der Waals surface area contributed by atoms with Crippen LogP contribution in [0.1, 0.15) is 30.7 Å². The maximum atomic E-state index is 13.3. The Morgan fingerprint density at radius 1 is 1.36 bits per heavy atom. The van der Waals surface area contributed by atoms with Gasteiger partial charge in [0.15, 0.2) is 0 Å². The summed E-state index contributed by atoms with van der Waals surface area (Å²) in [5.41, 5.74) is 6.99. The number of halogens is 2. The van der Waals surface area contributed by atoms with Crippen LogP contribution in [0.25, 0.3) is 0 Å². The predicted octanol–water partition coefficient (Wildman–Crippen LogP) is 3.03. The predicted molar refractivity (Wildman–Crippen MR) is 63.7 cm³/mol. The first kappa shape index (κ1) is 10.4. The molecule has 2 unspecified atom stereocenters. The molecule has 0 aliphatic heterocycles. The quantitative estimate of drug-likeness (QED) is 0.793. The first-order chi connectivity index (χ1) is 6.68. The largest absolute Gasteiger partial charge is 0.328 e. The van der Waals surface area contributed by atoms with Gasteiger partial charge in [0, 0.05) is 6.04 Å². The number of hydrogen-bond donors (Lipinski definition) is 1. The molecule has 0 saturated heterocycles. The number of rotatable bonds is 1. The van der Waals surface area contributed by atoms with Crippen LogP contribution in [0.5, 0.6) is 0 Å². The molecule has 0 spiro atoms. The molecule has 2 rings (SSSR count). The van der Waals surface area contributed by atoms with Gasteiger partial charge < -0.3 is 5.73 Å². The van der Waals surface area contributed by atoms with Crippen molar-refractivity contribution in [2.75, 3.05) is 0 Å². The molecule has 0 heterocycles. The molecule has 3 heteroatoms. The summed E-state index contributed by atoms with van der Waals surface area (Å²) >= 11 is 2.09. The van der Waals surface area contributed by atoms with Crippen molar-refractivity contribution < 1.29 is 4.39 Å². The molecule has 76 valence electrons. The lowest BCUT2D eigenvalue weighted by atomic mass is 9.97. The second-order valence-corrected chi connectivity index (χ2v) is 4.99. The van der Waals surface area contributed by atoms with Crippen molar-refractivity contribution in [1.29, 1.82) is 0 Å². The van der Waals surface area contributed by atoms with Crippen LogP contribution >= 0.6 is 22.6 Å². The number of nitrogens with two attached hydrogens (primary N) is 1. The molecule has 0 aromatic heterocycles. The minimum absolute atomic E-state index is 0.108.